The van der Waals surface area contributed by atoms with Crippen molar-refractivity contribution < 1.29 is 40.4 Å². The Morgan fingerprint density at radius 2 is 1.39 bits per heavy atom. The minimum Gasteiger partial charge on any atom is -0.481 e. The van der Waals surface area contributed by atoms with Crippen LogP contribution in [0, 0.1) is 0 Å². The van der Waals surface area contributed by atoms with Gasteiger partial charge >= 0.3 is 5.97 Å². The van der Waals surface area contributed by atoms with Gasteiger partial charge in [-0.15, -0.1) is 0 Å². The van der Waals surface area contributed by atoms with E-state index in [1.807, 2.05) is 24.3 Å². The van der Waals surface area contributed by atoms with Gasteiger partial charge in [-0.25, -0.2) is 0 Å². The molecule has 0 saturated heterocycles. The smallest absolute Gasteiger partial charge is 0.303 e. The molecule has 0 radical (unpaired) electrons. The van der Waals surface area contributed by atoms with Gasteiger partial charge < -0.3 is 10.0 Å². The highest BCUT2D eigenvalue weighted by Crippen LogP contribution is 2.49. The molecule has 6 rings (SSSR count). The van der Waals surface area contributed by atoms with Crippen LogP contribution in [0.25, 0.3) is 21.5 Å². The molecule has 12 heteroatoms. The molecule has 2 aliphatic rings. The van der Waals surface area contributed by atoms with E-state index in [0.29, 0.717) is 32.4 Å². The summed E-state index contributed by atoms with van der Waals surface area (Å²) in [5, 5.41) is 13.7. The van der Waals surface area contributed by atoms with Crippen LogP contribution in [0.5, 0.6) is 0 Å². The fourth-order valence-electron chi connectivity index (χ4n) is 8.38. The number of benzene rings is 4. The van der Waals surface area contributed by atoms with Gasteiger partial charge in [0.2, 0.25) is 5.69 Å². The molecule has 4 aromatic carbocycles. The second-order valence-corrected chi connectivity index (χ2v) is 19.0. The average Bonchev–Trinajstić information content (AvgIpc) is 3.46. The van der Waals surface area contributed by atoms with Crippen molar-refractivity contribution in [2.45, 2.75) is 77.0 Å². The number of hydrogen-bond acceptors (Lipinski definition) is 6. The van der Waals surface area contributed by atoms with Crippen molar-refractivity contribution in [3.8, 4) is 0 Å². The fourth-order valence-corrected chi connectivity index (χ4v) is 9.37. The Hall–Kier alpha value is -4.62. The molecule has 4 aromatic rings. The first-order chi connectivity index (χ1) is 26.4. The van der Waals surface area contributed by atoms with Crippen molar-refractivity contribution in [2.24, 2.45) is 0 Å². The molecule has 0 saturated carbocycles. The molecule has 0 unspecified atom stereocenters. The lowest BCUT2D eigenvalue weighted by Gasteiger charge is -2.27. The Kier molecular flexibility index (Phi) is 11.8. The largest absolute Gasteiger partial charge is 0.481 e. The molecule has 2 aliphatic heterocycles. The standard InChI is InChI=1S/C44H50N2O8S2/c1-43(2)36-29-33-15-6-7-16-34(33)30-38(36)46(26-12-28-56(52,53)54)39(43)23-19-31(13-5-10-18-41(47)48)20-24-40-44(3,4)42-35-17-9-8-14-32(35)21-22-37(42)45(40)25-11-27-55(49,50)51/h6-9,14-17,19-24,29-30H,5,10-13,18,25-28H2,1-4H3,(H2-,47,48,49,50,51,52,53,54)/p+1. The van der Waals surface area contributed by atoms with E-state index in [0.717, 1.165) is 61.0 Å². The van der Waals surface area contributed by atoms with Gasteiger partial charge in [0.25, 0.3) is 20.2 Å². The number of unbranched alkanes of at least 4 members (excludes halogenated alkanes) is 1. The van der Waals surface area contributed by atoms with E-state index in [2.05, 4.69) is 110 Å². The van der Waals surface area contributed by atoms with Crippen molar-refractivity contribution in [1.82, 2.24) is 0 Å². The lowest BCUT2D eigenvalue weighted by molar-refractivity contribution is -0.437. The fraction of sp³-hybridized carbons (Fsp3) is 0.364. The minimum atomic E-state index is -4.15. The van der Waals surface area contributed by atoms with Crippen LogP contribution in [0.4, 0.5) is 11.4 Å². The summed E-state index contributed by atoms with van der Waals surface area (Å²) < 4.78 is 68.2. The number of hydrogen-bond donors (Lipinski definition) is 3. The first-order valence-electron chi connectivity index (χ1n) is 19.1. The molecule has 0 atom stereocenters. The number of fused-ring (bicyclic) bond motifs is 5. The third-order valence-corrected chi connectivity index (χ3v) is 12.7. The number of anilines is 1. The highest BCUT2D eigenvalue weighted by molar-refractivity contribution is 7.86. The van der Waals surface area contributed by atoms with Crippen LogP contribution in [0.15, 0.2) is 108 Å². The number of allylic oxidation sites excluding steroid dienone is 6. The molecule has 2 heterocycles. The molecule has 10 nitrogen and oxygen atoms in total. The van der Waals surface area contributed by atoms with Crippen molar-refractivity contribution in [1.29, 1.82) is 0 Å². The zero-order valence-electron chi connectivity index (χ0n) is 32.4. The van der Waals surface area contributed by atoms with Crippen LogP contribution in [0.3, 0.4) is 0 Å². The predicted octanol–water partition coefficient (Wildman–Crippen LogP) is 8.73. The zero-order chi connectivity index (χ0) is 40.5. The zero-order valence-corrected chi connectivity index (χ0v) is 34.0. The second kappa shape index (κ2) is 16.1. The first-order valence-corrected chi connectivity index (χ1v) is 22.3. The summed E-state index contributed by atoms with van der Waals surface area (Å²) in [5.74, 6) is -1.57. The third kappa shape index (κ3) is 8.99. The monoisotopic (exact) mass is 799 g/mol. The van der Waals surface area contributed by atoms with E-state index >= 15 is 0 Å². The van der Waals surface area contributed by atoms with Crippen LogP contribution in [0.1, 0.15) is 77.3 Å². The Morgan fingerprint density at radius 3 is 2.07 bits per heavy atom. The Balaban J connectivity index is 1.44. The highest BCUT2D eigenvalue weighted by atomic mass is 32.2. The van der Waals surface area contributed by atoms with Crippen LogP contribution in [-0.4, -0.2) is 71.9 Å². The van der Waals surface area contributed by atoms with E-state index in [9.17, 15) is 35.8 Å². The van der Waals surface area contributed by atoms with Crippen molar-refractivity contribution >= 4 is 64.8 Å². The molecule has 0 bridgehead atoms. The molecule has 296 valence electrons. The highest BCUT2D eigenvalue weighted by Gasteiger charge is 2.45. The van der Waals surface area contributed by atoms with Gasteiger partial charge in [-0.2, -0.15) is 21.4 Å². The Labute approximate surface area is 330 Å². The number of carboxylic acids is 1. The van der Waals surface area contributed by atoms with Gasteiger partial charge in [-0.3, -0.25) is 13.9 Å². The maximum atomic E-state index is 11.7. The lowest BCUT2D eigenvalue weighted by atomic mass is 9.79. The van der Waals surface area contributed by atoms with E-state index in [1.54, 1.807) is 0 Å². The summed E-state index contributed by atoms with van der Waals surface area (Å²) in [6.45, 7) is 9.35. The summed E-state index contributed by atoms with van der Waals surface area (Å²) in [6.07, 6.45) is 10.5. The Morgan fingerprint density at radius 1 is 0.768 bits per heavy atom. The van der Waals surface area contributed by atoms with Crippen molar-refractivity contribution in [3.63, 3.8) is 0 Å². The summed E-state index contributed by atoms with van der Waals surface area (Å²) in [7, 11) is -8.30. The van der Waals surface area contributed by atoms with Crippen molar-refractivity contribution in [2.75, 3.05) is 29.5 Å². The quantitative estimate of drug-likeness (QED) is 0.0437. The van der Waals surface area contributed by atoms with Gasteiger partial charge in [-0.1, -0.05) is 74.5 Å². The summed E-state index contributed by atoms with van der Waals surface area (Å²) in [5.41, 5.74) is 6.17. The van der Waals surface area contributed by atoms with Gasteiger partial charge in [0, 0.05) is 53.9 Å². The Bertz CT molecular complexity index is 2530. The van der Waals surface area contributed by atoms with Gasteiger partial charge in [-0.05, 0) is 96.5 Å². The molecule has 56 heavy (non-hydrogen) atoms. The molecule has 3 N–H and O–H groups in total. The number of carboxylic acid groups (broad SMARTS) is 1. The number of carbonyl (C=O) groups is 1. The van der Waals surface area contributed by atoms with Crippen LogP contribution in [0.2, 0.25) is 0 Å². The molecule has 0 spiro atoms. The normalized spacial score (nSPS) is 17.4. The average molecular weight is 800 g/mol. The van der Waals surface area contributed by atoms with Gasteiger partial charge in [0.05, 0.1) is 16.9 Å². The summed E-state index contributed by atoms with van der Waals surface area (Å²) >= 11 is 0. The number of aliphatic carboxylic acids is 1. The van der Waals surface area contributed by atoms with E-state index in [-0.39, 0.29) is 30.8 Å². The molecular weight excluding hydrogens is 749 g/mol. The molecule has 0 amide bonds. The topological polar surface area (TPSA) is 152 Å². The lowest BCUT2D eigenvalue weighted by Crippen LogP contribution is -2.28. The molecule has 0 fully saturated rings. The first kappa shape index (κ1) is 41.0. The van der Waals surface area contributed by atoms with Crippen molar-refractivity contribution in [3.05, 3.63) is 119 Å². The predicted molar refractivity (Wildman–Crippen MR) is 225 cm³/mol. The molecular formula is C44H51N2O8S2+. The van der Waals surface area contributed by atoms with E-state index in [4.69, 9.17) is 0 Å². The second-order valence-electron chi connectivity index (χ2n) is 15.8. The van der Waals surface area contributed by atoms with Gasteiger partial charge in [0.1, 0.15) is 6.54 Å². The third-order valence-electron chi connectivity index (χ3n) is 11.1. The van der Waals surface area contributed by atoms with Crippen LogP contribution >= 0.6 is 0 Å². The maximum Gasteiger partial charge on any atom is 0.303 e. The summed E-state index contributed by atoms with van der Waals surface area (Å²) in [6, 6.07) is 24.8. The van der Waals surface area contributed by atoms with Gasteiger partial charge in [0.15, 0.2) is 5.71 Å². The molecule has 0 aromatic heterocycles. The van der Waals surface area contributed by atoms with E-state index in [1.165, 1.54) is 0 Å². The molecule has 0 aliphatic carbocycles. The number of nitrogens with zero attached hydrogens (tertiary/aromatic N) is 2. The maximum absolute atomic E-state index is 11.7. The number of rotatable bonds is 16. The van der Waals surface area contributed by atoms with Crippen LogP contribution < -0.4 is 4.90 Å². The summed E-state index contributed by atoms with van der Waals surface area (Å²) in [4.78, 5) is 13.5. The minimum absolute atomic E-state index is 0.0594. The van der Waals surface area contributed by atoms with Crippen LogP contribution in [-0.2, 0) is 35.9 Å². The SMILES string of the molecule is CC1(C)C(/C=C/C(=C/C=C2/N(CCCS(=O)(=O)O)c3cc4ccccc4cc3C2(C)C)CCCCC(=O)O)=[N+](CCCS(=O)(=O)O)c2ccc3ccccc3c21. The van der Waals surface area contributed by atoms with E-state index < -0.39 is 37.0 Å².